The molecule has 0 aliphatic heterocycles. The lowest BCUT2D eigenvalue weighted by Gasteiger charge is -2.13. The van der Waals surface area contributed by atoms with E-state index in [1.165, 1.54) is 11.3 Å². The van der Waals surface area contributed by atoms with Crippen molar-refractivity contribution in [3.05, 3.63) is 65.0 Å². The molecule has 0 fully saturated rings. The third-order valence-corrected chi connectivity index (χ3v) is 4.53. The zero-order chi connectivity index (χ0) is 14.8. The van der Waals surface area contributed by atoms with E-state index in [1.807, 2.05) is 61.5 Å². The van der Waals surface area contributed by atoms with Gasteiger partial charge in [-0.3, -0.25) is 4.79 Å². The van der Waals surface area contributed by atoms with Gasteiger partial charge in [-0.2, -0.15) is 0 Å². The van der Waals surface area contributed by atoms with Gasteiger partial charge in [0.25, 0.3) is 5.91 Å². The van der Waals surface area contributed by atoms with Crippen molar-refractivity contribution in [3.63, 3.8) is 0 Å². The highest BCUT2D eigenvalue weighted by molar-refractivity contribution is 7.20. The molecule has 0 saturated carbocycles. The van der Waals surface area contributed by atoms with E-state index in [0.717, 1.165) is 15.6 Å². The monoisotopic (exact) mass is 296 g/mol. The summed E-state index contributed by atoms with van der Waals surface area (Å²) in [6.07, 6.45) is 0. The fraction of sp³-hybridized carbons (Fsp3) is 0.118. The number of anilines is 1. The number of nitrogens with one attached hydrogen (secondary N) is 1. The predicted molar refractivity (Wildman–Crippen MR) is 88.6 cm³/mol. The van der Waals surface area contributed by atoms with Crippen LogP contribution in [0.25, 0.3) is 10.1 Å². The van der Waals surface area contributed by atoms with Crippen LogP contribution < -0.4 is 11.1 Å². The topological polar surface area (TPSA) is 55.1 Å². The van der Waals surface area contributed by atoms with Crippen molar-refractivity contribution in [2.75, 3.05) is 5.73 Å². The highest BCUT2D eigenvalue weighted by Crippen LogP contribution is 2.27. The largest absolute Gasteiger partial charge is 0.399 e. The fourth-order valence-corrected chi connectivity index (χ4v) is 3.21. The molecule has 3 rings (SSSR count). The number of thiophene rings is 1. The molecule has 3 nitrogen and oxygen atoms in total. The molecule has 0 bridgehead atoms. The van der Waals surface area contributed by atoms with Crippen LogP contribution in [-0.2, 0) is 0 Å². The molecule has 2 aromatic carbocycles. The van der Waals surface area contributed by atoms with Crippen LogP contribution in [0.4, 0.5) is 5.69 Å². The molecule has 106 valence electrons. The van der Waals surface area contributed by atoms with Gasteiger partial charge >= 0.3 is 0 Å². The van der Waals surface area contributed by atoms with Gasteiger partial charge in [0.15, 0.2) is 0 Å². The first-order valence-corrected chi connectivity index (χ1v) is 7.60. The minimum atomic E-state index is -0.0499. The lowest BCUT2D eigenvalue weighted by atomic mass is 10.1. The number of carbonyl (C=O) groups is 1. The van der Waals surface area contributed by atoms with Gasteiger partial charge in [-0.15, -0.1) is 11.3 Å². The molecule has 1 heterocycles. The smallest absolute Gasteiger partial charge is 0.261 e. The fourth-order valence-electron chi connectivity index (χ4n) is 2.27. The van der Waals surface area contributed by atoms with E-state index in [4.69, 9.17) is 5.73 Å². The Hall–Kier alpha value is -2.33. The summed E-state index contributed by atoms with van der Waals surface area (Å²) in [6.45, 7) is 1.98. The van der Waals surface area contributed by atoms with Crippen LogP contribution >= 0.6 is 11.3 Å². The van der Waals surface area contributed by atoms with E-state index in [9.17, 15) is 4.79 Å². The summed E-state index contributed by atoms with van der Waals surface area (Å²) in [5.41, 5.74) is 7.58. The molecule has 1 atom stereocenters. The predicted octanol–water partition coefficient (Wildman–Crippen LogP) is 3.97. The van der Waals surface area contributed by atoms with Crippen molar-refractivity contribution in [2.45, 2.75) is 13.0 Å². The minimum Gasteiger partial charge on any atom is -0.399 e. The number of nitrogen functional groups attached to an aromatic ring is 1. The van der Waals surface area contributed by atoms with Crippen molar-refractivity contribution in [3.8, 4) is 0 Å². The Labute approximate surface area is 127 Å². The van der Waals surface area contributed by atoms with Gasteiger partial charge < -0.3 is 11.1 Å². The molecule has 0 aliphatic carbocycles. The number of fused-ring (bicyclic) bond motifs is 1. The first-order valence-electron chi connectivity index (χ1n) is 6.78. The van der Waals surface area contributed by atoms with E-state index in [-0.39, 0.29) is 11.9 Å². The van der Waals surface area contributed by atoms with Gasteiger partial charge in [-0.1, -0.05) is 30.3 Å². The zero-order valence-electron chi connectivity index (χ0n) is 11.7. The summed E-state index contributed by atoms with van der Waals surface area (Å²) in [5.74, 6) is -0.0499. The SMILES string of the molecule is C[C@H](NC(=O)c1cc2cc(N)ccc2s1)c1ccccc1. The maximum absolute atomic E-state index is 12.4. The Bertz CT molecular complexity index is 780. The van der Waals surface area contributed by atoms with Crippen molar-refractivity contribution in [1.82, 2.24) is 5.32 Å². The number of hydrogen-bond acceptors (Lipinski definition) is 3. The number of hydrogen-bond donors (Lipinski definition) is 2. The van der Waals surface area contributed by atoms with Gasteiger partial charge in [0.05, 0.1) is 10.9 Å². The number of nitrogens with two attached hydrogens (primary N) is 1. The van der Waals surface area contributed by atoms with Crippen molar-refractivity contribution < 1.29 is 4.79 Å². The van der Waals surface area contributed by atoms with Crippen LogP contribution in [0, 0.1) is 0 Å². The Morgan fingerprint density at radius 3 is 2.67 bits per heavy atom. The van der Waals surface area contributed by atoms with E-state index < -0.39 is 0 Å². The van der Waals surface area contributed by atoms with Gasteiger partial charge in [0, 0.05) is 10.4 Å². The first-order chi connectivity index (χ1) is 10.1. The summed E-state index contributed by atoms with van der Waals surface area (Å²) in [5, 5.41) is 4.04. The number of carbonyl (C=O) groups excluding carboxylic acids is 1. The third-order valence-electron chi connectivity index (χ3n) is 3.41. The van der Waals surface area contributed by atoms with Gasteiger partial charge in [0.1, 0.15) is 0 Å². The number of rotatable bonds is 3. The second-order valence-electron chi connectivity index (χ2n) is 5.01. The lowest BCUT2D eigenvalue weighted by molar-refractivity contribution is 0.0944. The molecule has 3 aromatic rings. The number of amides is 1. The second kappa shape index (κ2) is 5.58. The van der Waals surface area contributed by atoms with E-state index in [1.54, 1.807) is 0 Å². The quantitative estimate of drug-likeness (QED) is 0.718. The Balaban J connectivity index is 1.80. The van der Waals surface area contributed by atoms with Crippen LogP contribution in [0.15, 0.2) is 54.6 Å². The average Bonchev–Trinajstić information content (AvgIpc) is 2.91. The molecular weight excluding hydrogens is 280 g/mol. The van der Waals surface area contributed by atoms with Crippen LogP contribution in [0.1, 0.15) is 28.2 Å². The van der Waals surface area contributed by atoms with Crippen LogP contribution in [0.2, 0.25) is 0 Å². The zero-order valence-corrected chi connectivity index (χ0v) is 12.5. The average molecular weight is 296 g/mol. The molecular formula is C17H16N2OS. The molecule has 0 unspecified atom stereocenters. The normalized spacial score (nSPS) is 12.2. The van der Waals surface area contributed by atoms with E-state index in [2.05, 4.69) is 5.32 Å². The van der Waals surface area contributed by atoms with E-state index >= 15 is 0 Å². The molecule has 0 saturated heterocycles. The molecule has 0 spiro atoms. The molecule has 0 radical (unpaired) electrons. The second-order valence-corrected chi connectivity index (χ2v) is 6.10. The Morgan fingerprint density at radius 2 is 1.90 bits per heavy atom. The highest BCUT2D eigenvalue weighted by Gasteiger charge is 2.14. The van der Waals surface area contributed by atoms with Crippen LogP contribution in [0.3, 0.4) is 0 Å². The number of benzene rings is 2. The van der Waals surface area contributed by atoms with Crippen LogP contribution in [-0.4, -0.2) is 5.91 Å². The maximum Gasteiger partial charge on any atom is 0.261 e. The lowest BCUT2D eigenvalue weighted by Crippen LogP contribution is -2.25. The van der Waals surface area contributed by atoms with Crippen molar-refractivity contribution >= 4 is 33.0 Å². The molecule has 3 N–H and O–H groups in total. The molecule has 1 amide bonds. The summed E-state index contributed by atoms with van der Waals surface area (Å²) >= 11 is 1.48. The highest BCUT2D eigenvalue weighted by atomic mass is 32.1. The molecule has 1 aromatic heterocycles. The maximum atomic E-state index is 12.4. The van der Waals surface area contributed by atoms with Gasteiger partial charge in [-0.25, -0.2) is 0 Å². The summed E-state index contributed by atoms with van der Waals surface area (Å²) < 4.78 is 1.07. The van der Waals surface area contributed by atoms with E-state index in [0.29, 0.717) is 10.6 Å². The summed E-state index contributed by atoms with van der Waals surface area (Å²) in [4.78, 5) is 13.1. The standard InChI is InChI=1S/C17H16N2OS/c1-11(12-5-3-2-4-6-12)19-17(20)16-10-13-9-14(18)7-8-15(13)21-16/h2-11H,18H2,1H3,(H,19,20)/t11-/m0/s1. The summed E-state index contributed by atoms with van der Waals surface area (Å²) in [6, 6.07) is 17.5. The minimum absolute atomic E-state index is 0.0195. The molecule has 4 heteroatoms. The van der Waals surface area contributed by atoms with Crippen molar-refractivity contribution in [1.29, 1.82) is 0 Å². The molecule has 0 aliphatic rings. The third kappa shape index (κ3) is 2.90. The molecule has 21 heavy (non-hydrogen) atoms. The van der Waals surface area contributed by atoms with Gasteiger partial charge in [-0.05, 0) is 42.1 Å². The summed E-state index contributed by atoms with van der Waals surface area (Å²) in [7, 11) is 0. The Kier molecular flexibility index (Phi) is 3.62. The van der Waals surface area contributed by atoms with Crippen molar-refractivity contribution in [2.24, 2.45) is 0 Å². The van der Waals surface area contributed by atoms with Crippen LogP contribution in [0.5, 0.6) is 0 Å². The Morgan fingerprint density at radius 1 is 1.14 bits per heavy atom. The first kappa shape index (κ1) is 13.6. The van der Waals surface area contributed by atoms with Gasteiger partial charge in [0.2, 0.25) is 0 Å².